The van der Waals surface area contributed by atoms with Crippen LogP contribution in [-0.4, -0.2) is 39.6 Å². The summed E-state index contributed by atoms with van der Waals surface area (Å²) in [5.74, 6) is 0.0548. The number of anilines is 2. The van der Waals surface area contributed by atoms with Gasteiger partial charge in [-0.2, -0.15) is 0 Å². The Hall–Kier alpha value is -3.16. The van der Waals surface area contributed by atoms with Crippen LogP contribution in [0.2, 0.25) is 0 Å². The zero-order chi connectivity index (χ0) is 21.3. The van der Waals surface area contributed by atoms with Crippen LogP contribution < -0.4 is 15.4 Å². The number of benzene rings is 1. The SMILES string of the molecule is C[C@H]1CN(c2ccc(C3CCC(CC(=O)O)CC3)cc2)C(=O)c2c(N)ncnc2O1. The quantitative estimate of drug-likeness (QED) is 0.794. The number of carboxylic acid groups (broad SMARTS) is 1. The van der Waals surface area contributed by atoms with Crippen molar-refractivity contribution in [3.63, 3.8) is 0 Å². The largest absolute Gasteiger partial charge is 0.481 e. The van der Waals surface area contributed by atoms with Gasteiger partial charge in [-0.3, -0.25) is 9.59 Å². The smallest absolute Gasteiger partial charge is 0.303 e. The van der Waals surface area contributed by atoms with Gasteiger partial charge in [0.1, 0.15) is 23.8 Å². The molecule has 4 rings (SSSR count). The average Bonchev–Trinajstić information content (AvgIpc) is 2.85. The summed E-state index contributed by atoms with van der Waals surface area (Å²) in [6.07, 6.45) is 5.18. The summed E-state index contributed by atoms with van der Waals surface area (Å²) in [5, 5.41) is 8.98. The van der Waals surface area contributed by atoms with Gasteiger partial charge < -0.3 is 20.5 Å². The Morgan fingerprint density at radius 1 is 1.20 bits per heavy atom. The number of nitrogen functional groups attached to an aromatic ring is 1. The van der Waals surface area contributed by atoms with Gasteiger partial charge in [-0.15, -0.1) is 0 Å². The molecule has 1 atom stereocenters. The van der Waals surface area contributed by atoms with Gasteiger partial charge in [0.2, 0.25) is 5.88 Å². The van der Waals surface area contributed by atoms with Crippen LogP contribution in [0.1, 0.15) is 60.9 Å². The fourth-order valence-corrected chi connectivity index (χ4v) is 4.47. The summed E-state index contributed by atoms with van der Waals surface area (Å²) in [6, 6.07) is 8.03. The summed E-state index contributed by atoms with van der Waals surface area (Å²) in [4.78, 5) is 33.7. The Bertz CT molecular complexity index is 939. The maximum atomic E-state index is 13.2. The minimum absolute atomic E-state index is 0.110. The van der Waals surface area contributed by atoms with Crippen LogP contribution in [0.5, 0.6) is 5.88 Å². The number of nitrogens with zero attached hydrogens (tertiary/aromatic N) is 3. The van der Waals surface area contributed by atoms with Crippen LogP contribution in [0.15, 0.2) is 30.6 Å². The van der Waals surface area contributed by atoms with E-state index in [2.05, 4.69) is 22.1 Å². The highest BCUT2D eigenvalue weighted by molar-refractivity contribution is 6.10. The highest BCUT2D eigenvalue weighted by Crippen LogP contribution is 2.38. The molecule has 2 aromatic rings. The molecule has 3 N–H and O–H groups in total. The third kappa shape index (κ3) is 4.08. The zero-order valence-electron chi connectivity index (χ0n) is 17.0. The summed E-state index contributed by atoms with van der Waals surface area (Å²) in [7, 11) is 0. The second-order valence-corrected chi connectivity index (χ2v) is 8.19. The maximum absolute atomic E-state index is 13.2. The van der Waals surface area contributed by atoms with Crippen molar-refractivity contribution < 1.29 is 19.4 Å². The number of carboxylic acids is 1. The Labute approximate surface area is 175 Å². The standard InChI is InChI=1S/C22H26N4O4/c1-13-11-26(22(29)19-20(23)24-12-25-21(19)30-13)17-8-6-16(7-9-17)15-4-2-14(3-5-15)10-18(27)28/h6-9,12-15H,2-5,10-11H2,1H3,(H,27,28)(H2,23,24,25)/t13-,14?,15?/m0/s1. The number of nitrogens with two attached hydrogens (primary N) is 1. The monoisotopic (exact) mass is 410 g/mol. The normalized spacial score (nSPS) is 24.0. The second kappa shape index (κ2) is 8.30. The van der Waals surface area contributed by atoms with Gasteiger partial charge in [-0.1, -0.05) is 12.1 Å². The lowest BCUT2D eigenvalue weighted by atomic mass is 9.77. The van der Waals surface area contributed by atoms with Gasteiger partial charge in [-0.05, 0) is 62.1 Å². The van der Waals surface area contributed by atoms with Crippen molar-refractivity contribution in [1.29, 1.82) is 0 Å². The van der Waals surface area contributed by atoms with Crippen molar-refractivity contribution in [1.82, 2.24) is 9.97 Å². The van der Waals surface area contributed by atoms with Crippen molar-refractivity contribution in [2.75, 3.05) is 17.2 Å². The predicted octanol–water partition coefficient (Wildman–Crippen LogP) is 3.24. The van der Waals surface area contributed by atoms with Crippen molar-refractivity contribution in [2.24, 2.45) is 5.92 Å². The Balaban J connectivity index is 1.51. The van der Waals surface area contributed by atoms with Crippen LogP contribution in [0, 0.1) is 5.92 Å². The summed E-state index contributed by atoms with van der Waals surface area (Å²) in [5.41, 5.74) is 8.13. The number of carbonyl (C=O) groups is 2. The predicted molar refractivity (Wildman–Crippen MR) is 112 cm³/mol. The second-order valence-electron chi connectivity index (χ2n) is 8.19. The van der Waals surface area contributed by atoms with Crippen molar-refractivity contribution in [3.8, 4) is 5.88 Å². The summed E-state index contributed by atoms with van der Waals surface area (Å²) >= 11 is 0. The van der Waals surface area contributed by atoms with Gasteiger partial charge >= 0.3 is 5.97 Å². The Morgan fingerprint density at radius 3 is 2.57 bits per heavy atom. The third-order valence-corrected chi connectivity index (χ3v) is 6.04. The minimum Gasteiger partial charge on any atom is -0.481 e. The number of carbonyl (C=O) groups excluding carboxylic acids is 1. The van der Waals surface area contributed by atoms with E-state index in [1.54, 1.807) is 4.90 Å². The molecule has 0 radical (unpaired) electrons. The number of fused-ring (bicyclic) bond motifs is 1. The van der Waals surface area contributed by atoms with Gasteiger partial charge in [0.15, 0.2) is 0 Å². The Morgan fingerprint density at radius 2 is 1.90 bits per heavy atom. The Kier molecular flexibility index (Phi) is 5.57. The van der Waals surface area contributed by atoms with Crippen molar-refractivity contribution in [2.45, 2.75) is 51.0 Å². The first-order valence-electron chi connectivity index (χ1n) is 10.3. The lowest BCUT2D eigenvalue weighted by Crippen LogP contribution is -2.36. The zero-order valence-corrected chi connectivity index (χ0v) is 17.0. The van der Waals surface area contributed by atoms with E-state index in [4.69, 9.17) is 15.6 Å². The molecule has 0 spiro atoms. The number of aliphatic carboxylic acids is 1. The van der Waals surface area contributed by atoms with Gasteiger partial charge in [0.25, 0.3) is 5.91 Å². The molecule has 1 fully saturated rings. The molecule has 0 bridgehead atoms. The molecule has 1 amide bonds. The lowest BCUT2D eigenvalue weighted by molar-refractivity contribution is -0.138. The van der Waals surface area contributed by atoms with Crippen LogP contribution in [0.25, 0.3) is 0 Å². The van der Waals surface area contributed by atoms with E-state index >= 15 is 0 Å². The molecular formula is C22H26N4O4. The molecule has 0 saturated heterocycles. The number of hydrogen-bond acceptors (Lipinski definition) is 6. The number of aromatic nitrogens is 2. The first kappa shape index (κ1) is 20.1. The molecule has 2 aliphatic rings. The number of hydrogen-bond donors (Lipinski definition) is 2. The van der Waals surface area contributed by atoms with E-state index in [0.29, 0.717) is 12.5 Å². The van der Waals surface area contributed by atoms with Crippen molar-refractivity contribution in [3.05, 3.63) is 41.7 Å². The number of ether oxygens (including phenoxy) is 1. The molecule has 2 heterocycles. The van der Waals surface area contributed by atoms with Crippen LogP contribution >= 0.6 is 0 Å². The van der Waals surface area contributed by atoms with E-state index in [1.807, 2.05) is 19.1 Å². The molecule has 8 heteroatoms. The molecule has 1 aliphatic heterocycles. The van der Waals surface area contributed by atoms with E-state index in [0.717, 1.165) is 31.4 Å². The van der Waals surface area contributed by atoms with Crippen LogP contribution in [0.4, 0.5) is 11.5 Å². The van der Waals surface area contributed by atoms with Gasteiger partial charge in [0.05, 0.1) is 6.54 Å². The highest BCUT2D eigenvalue weighted by Gasteiger charge is 2.31. The first-order chi connectivity index (χ1) is 14.4. The van der Waals surface area contributed by atoms with Gasteiger partial charge in [0, 0.05) is 12.1 Å². The number of rotatable bonds is 4. The van der Waals surface area contributed by atoms with E-state index in [1.165, 1.54) is 11.9 Å². The summed E-state index contributed by atoms with van der Waals surface area (Å²) < 4.78 is 5.78. The highest BCUT2D eigenvalue weighted by atomic mass is 16.5. The fraction of sp³-hybridized carbons (Fsp3) is 0.455. The molecule has 158 valence electrons. The lowest BCUT2D eigenvalue weighted by Gasteiger charge is -2.28. The van der Waals surface area contributed by atoms with Crippen LogP contribution in [-0.2, 0) is 4.79 Å². The molecular weight excluding hydrogens is 384 g/mol. The first-order valence-corrected chi connectivity index (χ1v) is 10.3. The van der Waals surface area contributed by atoms with E-state index in [9.17, 15) is 9.59 Å². The molecule has 1 aliphatic carbocycles. The third-order valence-electron chi connectivity index (χ3n) is 6.04. The number of amides is 1. The average molecular weight is 410 g/mol. The molecule has 30 heavy (non-hydrogen) atoms. The molecule has 1 saturated carbocycles. The fourth-order valence-electron chi connectivity index (χ4n) is 4.47. The molecule has 8 nitrogen and oxygen atoms in total. The van der Waals surface area contributed by atoms with E-state index in [-0.39, 0.29) is 41.6 Å². The topological polar surface area (TPSA) is 119 Å². The maximum Gasteiger partial charge on any atom is 0.303 e. The van der Waals surface area contributed by atoms with Crippen LogP contribution in [0.3, 0.4) is 0 Å². The molecule has 0 unspecified atom stereocenters. The molecule has 1 aromatic carbocycles. The van der Waals surface area contributed by atoms with E-state index < -0.39 is 5.97 Å². The minimum atomic E-state index is -0.712. The van der Waals surface area contributed by atoms with Crippen molar-refractivity contribution >= 4 is 23.4 Å². The summed E-state index contributed by atoms with van der Waals surface area (Å²) in [6.45, 7) is 2.27. The van der Waals surface area contributed by atoms with Gasteiger partial charge in [-0.25, -0.2) is 9.97 Å². The molecule has 1 aromatic heterocycles.